The lowest BCUT2D eigenvalue weighted by molar-refractivity contribution is -0.123. The van der Waals surface area contributed by atoms with Crippen LogP contribution in [-0.4, -0.2) is 19.1 Å². The van der Waals surface area contributed by atoms with Crippen LogP contribution in [0.5, 0.6) is 0 Å². The van der Waals surface area contributed by atoms with Gasteiger partial charge in [-0.3, -0.25) is 4.79 Å². The Morgan fingerprint density at radius 2 is 2.08 bits per heavy atom. The summed E-state index contributed by atoms with van der Waals surface area (Å²) in [6, 6.07) is 9.86. The van der Waals surface area contributed by atoms with Gasteiger partial charge in [0.1, 0.15) is 23.9 Å². The number of ether oxygens (including phenoxy) is 1. The SMILES string of the molecule is COCc1ccc(CN[C@@H]2CCC(=O)N[C@H]2c2ccccc2F)o1. The monoisotopic (exact) mass is 332 g/mol. The molecule has 1 aliphatic rings. The molecule has 0 unspecified atom stereocenters. The number of methoxy groups -OCH3 is 1. The first-order chi connectivity index (χ1) is 11.7. The number of carbonyl (C=O) groups is 1. The molecule has 1 aliphatic heterocycles. The second-order valence-corrected chi connectivity index (χ2v) is 5.89. The highest BCUT2D eigenvalue weighted by atomic mass is 19.1. The van der Waals surface area contributed by atoms with E-state index in [0.717, 1.165) is 11.5 Å². The van der Waals surface area contributed by atoms with Gasteiger partial charge in [0, 0.05) is 25.1 Å². The van der Waals surface area contributed by atoms with Crippen LogP contribution in [0.1, 0.15) is 36.0 Å². The van der Waals surface area contributed by atoms with Crippen molar-refractivity contribution in [3.8, 4) is 0 Å². The number of hydrogen-bond donors (Lipinski definition) is 2. The molecule has 24 heavy (non-hydrogen) atoms. The molecular formula is C18H21FN2O3. The number of piperidine rings is 1. The molecule has 2 atom stereocenters. The topological polar surface area (TPSA) is 63.5 Å². The molecule has 5 nitrogen and oxygen atoms in total. The number of amides is 1. The van der Waals surface area contributed by atoms with E-state index in [1.165, 1.54) is 6.07 Å². The summed E-state index contributed by atoms with van der Waals surface area (Å²) in [6.07, 6.45) is 1.08. The van der Waals surface area contributed by atoms with Crippen molar-refractivity contribution in [1.82, 2.24) is 10.6 Å². The maximum absolute atomic E-state index is 14.1. The van der Waals surface area contributed by atoms with Crippen LogP contribution in [0.3, 0.4) is 0 Å². The summed E-state index contributed by atoms with van der Waals surface area (Å²) in [5.41, 5.74) is 0.502. The average Bonchev–Trinajstić information content (AvgIpc) is 3.02. The van der Waals surface area contributed by atoms with Crippen molar-refractivity contribution in [3.63, 3.8) is 0 Å². The van der Waals surface area contributed by atoms with Gasteiger partial charge < -0.3 is 19.8 Å². The van der Waals surface area contributed by atoms with Crippen LogP contribution in [0.25, 0.3) is 0 Å². The first-order valence-electron chi connectivity index (χ1n) is 8.01. The van der Waals surface area contributed by atoms with Gasteiger partial charge >= 0.3 is 0 Å². The molecule has 128 valence electrons. The molecule has 0 radical (unpaired) electrons. The summed E-state index contributed by atoms with van der Waals surface area (Å²) in [5.74, 6) is 1.18. The maximum atomic E-state index is 14.1. The predicted octanol–water partition coefficient (Wildman–Crippen LogP) is 2.67. The lowest BCUT2D eigenvalue weighted by atomic mass is 9.91. The third-order valence-electron chi connectivity index (χ3n) is 4.18. The molecule has 1 saturated heterocycles. The minimum Gasteiger partial charge on any atom is -0.462 e. The van der Waals surface area contributed by atoms with Crippen molar-refractivity contribution in [2.45, 2.75) is 38.1 Å². The highest BCUT2D eigenvalue weighted by Crippen LogP contribution is 2.26. The number of halogens is 1. The Labute approximate surface area is 140 Å². The molecule has 1 amide bonds. The zero-order chi connectivity index (χ0) is 16.9. The molecule has 1 fully saturated rings. The van der Waals surface area contributed by atoms with E-state index in [1.807, 2.05) is 12.1 Å². The number of carbonyl (C=O) groups excluding carboxylic acids is 1. The van der Waals surface area contributed by atoms with Crippen molar-refractivity contribution in [3.05, 3.63) is 59.3 Å². The van der Waals surface area contributed by atoms with Crippen molar-refractivity contribution in [2.24, 2.45) is 0 Å². The predicted molar refractivity (Wildman–Crippen MR) is 86.6 cm³/mol. The number of rotatable bonds is 6. The van der Waals surface area contributed by atoms with E-state index in [-0.39, 0.29) is 23.8 Å². The van der Waals surface area contributed by atoms with E-state index in [4.69, 9.17) is 9.15 Å². The van der Waals surface area contributed by atoms with Gasteiger partial charge in [0.2, 0.25) is 5.91 Å². The molecule has 0 saturated carbocycles. The summed E-state index contributed by atoms with van der Waals surface area (Å²) in [7, 11) is 1.62. The van der Waals surface area contributed by atoms with Crippen LogP contribution in [0.4, 0.5) is 4.39 Å². The molecule has 0 spiro atoms. The lowest BCUT2D eigenvalue weighted by Crippen LogP contribution is -2.48. The quantitative estimate of drug-likeness (QED) is 0.854. The molecule has 2 heterocycles. The zero-order valence-corrected chi connectivity index (χ0v) is 13.5. The van der Waals surface area contributed by atoms with E-state index >= 15 is 0 Å². The number of furan rings is 1. The number of benzene rings is 1. The van der Waals surface area contributed by atoms with Gasteiger partial charge in [-0.25, -0.2) is 4.39 Å². The van der Waals surface area contributed by atoms with Crippen LogP contribution < -0.4 is 10.6 Å². The first kappa shape index (κ1) is 16.7. The van der Waals surface area contributed by atoms with E-state index in [9.17, 15) is 9.18 Å². The van der Waals surface area contributed by atoms with Crippen molar-refractivity contribution in [1.29, 1.82) is 0 Å². The van der Waals surface area contributed by atoms with E-state index in [2.05, 4.69) is 10.6 Å². The van der Waals surface area contributed by atoms with Gasteiger partial charge in [-0.2, -0.15) is 0 Å². The molecular weight excluding hydrogens is 311 g/mol. The molecule has 0 aliphatic carbocycles. The Kier molecular flexibility index (Phi) is 5.27. The maximum Gasteiger partial charge on any atom is 0.220 e. The standard InChI is InChI=1S/C18H21FN2O3/c1-23-11-13-7-6-12(24-13)10-20-16-8-9-17(22)21-18(16)14-4-2-3-5-15(14)19/h2-7,16,18,20H,8-11H2,1H3,(H,21,22)/t16-,18+/m1/s1. The Morgan fingerprint density at radius 3 is 2.88 bits per heavy atom. The van der Waals surface area contributed by atoms with Crippen molar-refractivity contribution < 1.29 is 18.3 Å². The third-order valence-corrected chi connectivity index (χ3v) is 4.18. The van der Waals surface area contributed by atoms with Gasteiger partial charge in [-0.1, -0.05) is 18.2 Å². The fourth-order valence-electron chi connectivity index (χ4n) is 3.01. The molecule has 0 bridgehead atoms. The third kappa shape index (κ3) is 3.83. The largest absolute Gasteiger partial charge is 0.462 e. The molecule has 1 aromatic heterocycles. The summed E-state index contributed by atoms with van der Waals surface area (Å²) in [6.45, 7) is 0.937. The Balaban J connectivity index is 1.70. The molecule has 3 rings (SSSR count). The van der Waals surface area contributed by atoms with Crippen LogP contribution in [0.2, 0.25) is 0 Å². The Morgan fingerprint density at radius 1 is 1.29 bits per heavy atom. The number of nitrogens with one attached hydrogen (secondary N) is 2. The second-order valence-electron chi connectivity index (χ2n) is 5.89. The highest BCUT2D eigenvalue weighted by Gasteiger charge is 2.31. The molecule has 6 heteroatoms. The average molecular weight is 332 g/mol. The number of hydrogen-bond acceptors (Lipinski definition) is 4. The van der Waals surface area contributed by atoms with Crippen LogP contribution in [-0.2, 0) is 22.7 Å². The molecule has 2 aromatic rings. The minimum absolute atomic E-state index is 0.0540. The van der Waals surface area contributed by atoms with Crippen LogP contribution in [0.15, 0.2) is 40.8 Å². The van der Waals surface area contributed by atoms with Gasteiger partial charge in [0.15, 0.2) is 0 Å². The fraction of sp³-hybridized carbons (Fsp3) is 0.389. The van der Waals surface area contributed by atoms with Gasteiger partial charge in [-0.15, -0.1) is 0 Å². The Hall–Kier alpha value is -2.18. The van der Waals surface area contributed by atoms with Crippen LogP contribution >= 0.6 is 0 Å². The highest BCUT2D eigenvalue weighted by molar-refractivity contribution is 5.77. The van der Waals surface area contributed by atoms with Crippen molar-refractivity contribution in [2.75, 3.05) is 7.11 Å². The van der Waals surface area contributed by atoms with E-state index in [0.29, 0.717) is 31.6 Å². The lowest BCUT2D eigenvalue weighted by Gasteiger charge is -2.33. The second kappa shape index (κ2) is 7.59. The van der Waals surface area contributed by atoms with Crippen molar-refractivity contribution >= 4 is 5.91 Å². The molecule has 1 aromatic carbocycles. The van der Waals surface area contributed by atoms with Gasteiger partial charge in [0.25, 0.3) is 0 Å². The van der Waals surface area contributed by atoms with Gasteiger partial charge in [-0.05, 0) is 24.6 Å². The zero-order valence-electron chi connectivity index (χ0n) is 13.5. The summed E-state index contributed by atoms with van der Waals surface area (Å²) in [4.78, 5) is 11.8. The van der Waals surface area contributed by atoms with Gasteiger partial charge in [0.05, 0.1) is 12.6 Å². The normalized spacial score (nSPS) is 20.8. The smallest absolute Gasteiger partial charge is 0.220 e. The summed E-state index contributed by atoms with van der Waals surface area (Å²) in [5, 5.41) is 6.27. The van der Waals surface area contributed by atoms with Crippen LogP contribution in [0, 0.1) is 5.82 Å². The summed E-state index contributed by atoms with van der Waals surface area (Å²) < 4.78 is 24.8. The summed E-state index contributed by atoms with van der Waals surface area (Å²) >= 11 is 0. The van der Waals surface area contributed by atoms with E-state index in [1.54, 1.807) is 25.3 Å². The molecule has 2 N–H and O–H groups in total. The fourth-order valence-corrected chi connectivity index (χ4v) is 3.01. The minimum atomic E-state index is -0.388. The first-order valence-corrected chi connectivity index (χ1v) is 8.01. The Bertz CT molecular complexity index is 701. The van der Waals surface area contributed by atoms with E-state index < -0.39 is 0 Å².